The number of rotatable bonds is 2. The highest BCUT2D eigenvalue weighted by Crippen LogP contribution is 2.16. The Morgan fingerprint density at radius 3 is 2.41 bits per heavy atom. The van der Waals surface area contributed by atoms with Crippen molar-refractivity contribution < 1.29 is 5.11 Å². The highest BCUT2D eigenvalue weighted by molar-refractivity contribution is 9.11. The molecule has 0 bridgehead atoms. The minimum absolute atomic E-state index is 0.703. The molecule has 0 fully saturated rings. The first-order valence-corrected chi connectivity index (χ1v) is 9.81. The lowest BCUT2D eigenvalue weighted by Gasteiger charge is -2.06. The topological polar surface area (TPSA) is 20.2 Å². The van der Waals surface area contributed by atoms with E-state index >= 15 is 0 Å². The molecular formula is C14H17BrOSi. The van der Waals surface area contributed by atoms with E-state index in [2.05, 4.69) is 47.0 Å². The summed E-state index contributed by atoms with van der Waals surface area (Å²) in [7, 11) is -1.43. The van der Waals surface area contributed by atoms with Crippen molar-refractivity contribution in [1.29, 1.82) is 0 Å². The normalized spacial score (nSPS) is 13.8. The summed E-state index contributed by atoms with van der Waals surface area (Å²) in [6.07, 6.45) is 1.16. The van der Waals surface area contributed by atoms with Crippen LogP contribution in [-0.4, -0.2) is 19.3 Å². The summed E-state index contributed by atoms with van der Waals surface area (Å²) in [6, 6.07) is 9.87. The highest BCUT2D eigenvalue weighted by Gasteiger charge is 2.10. The molecule has 3 heteroatoms. The second kappa shape index (κ2) is 6.20. The van der Waals surface area contributed by atoms with E-state index in [4.69, 9.17) is 0 Å². The van der Waals surface area contributed by atoms with Crippen molar-refractivity contribution in [3.63, 3.8) is 0 Å². The first kappa shape index (κ1) is 14.2. The van der Waals surface area contributed by atoms with E-state index in [0.717, 1.165) is 5.56 Å². The summed E-state index contributed by atoms with van der Waals surface area (Å²) in [5, 5.41) is 9.88. The molecule has 0 amide bonds. The largest absolute Gasteiger partial charge is 0.376 e. The molecule has 1 rings (SSSR count). The average molecular weight is 309 g/mol. The SMILES string of the molecule is C[Si](C)(C)C#C[C@@H](O)/C(Br)=C/c1ccccc1. The first-order chi connectivity index (χ1) is 7.88. The van der Waals surface area contributed by atoms with Crippen LogP contribution in [0.4, 0.5) is 0 Å². The third kappa shape index (κ3) is 5.88. The van der Waals surface area contributed by atoms with Gasteiger partial charge in [-0.25, -0.2) is 0 Å². The summed E-state index contributed by atoms with van der Waals surface area (Å²) < 4.78 is 0.703. The maximum atomic E-state index is 9.88. The van der Waals surface area contributed by atoms with Crippen LogP contribution in [0.2, 0.25) is 19.6 Å². The summed E-state index contributed by atoms with van der Waals surface area (Å²) in [5.74, 6) is 2.89. The molecule has 0 aliphatic rings. The number of halogens is 1. The number of hydrogen-bond acceptors (Lipinski definition) is 1. The van der Waals surface area contributed by atoms with Gasteiger partial charge in [-0.15, -0.1) is 5.54 Å². The van der Waals surface area contributed by atoms with Crippen LogP contribution < -0.4 is 0 Å². The molecule has 0 heterocycles. The van der Waals surface area contributed by atoms with Crippen LogP contribution in [0.15, 0.2) is 34.8 Å². The van der Waals surface area contributed by atoms with Crippen LogP contribution in [0.5, 0.6) is 0 Å². The Hall–Kier alpha value is -0.823. The summed E-state index contributed by atoms with van der Waals surface area (Å²) in [4.78, 5) is 0. The van der Waals surface area contributed by atoms with E-state index in [1.165, 1.54) is 0 Å². The van der Waals surface area contributed by atoms with Gasteiger partial charge >= 0.3 is 0 Å². The average Bonchev–Trinajstić information content (AvgIpc) is 2.26. The van der Waals surface area contributed by atoms with Gasteiger partial charge in [-0.1, -0.05) is 71.8 Å². The fraction of sp³-hybridized carbons (Fsp3) is 0.286. The molecule has 0 unspecified atom stereocenters. The van der Waals surface area contributed by atoms with Crippen LogP contribution in [0.25, 0.3) is 6.08 Å². The van der Waals surface area contributed by atoms with Crippen LogP contribution in [0, 0.1) is 11.5 Å². The van der Waals surface area contributed by atoms with Crippen molar-refractivity contribution in [3.05, 3.63) is 40.4 Å². The minimum atomic E-state index is -1.43. The maximum absolute atomic E-state index is 9.88. The van der Waals surface area contributed by atoms with E-state index in [0.29, 0.717) is 4.48 Å². The lowest BCUT2D eigenvalue weighted by molar-refractivity contribution is 0.279. The van der Waals surface area contributed by atoms with Crippen LogP contribution in [0.1, 0.15) is 5.56 Å². The molecule has 0 radical (unpaired) electrons. The quantitative estimate of drug-likeness (QED) is 0.653. The molecule has 1 aromatic carbocycles. The lowest BCUT2D eigenvalue weighted by atomic mass is 10.2. The zero-order chi connectivity index (χ0) is 12.9. The number of hydrogen-bond donors (Lipinski definition) is 1. The van der Waals surface area contributed by atoms with Gasteiger partial charge in [-0.3, -0.25) is 0 Å². The molecule has 0 saturated heterocycles. The van der Waals surface area contributed by atoms with Crippen LogP contribution in [0.3, 0.4) is 0 Å². The molecule has 17 heavy (non-hydrogen) atoms. The molecule has 1 N–H and O–H groups in total. The molecular weight excluding hydrogens is 292 g/mol. The Balaban J connectivity index is 2.79. The van der Waals surface area contributed by atoms with E-state index in [-0.39, 0.29) is 0 Å². The third-order valence-corrected chi connectivity index (χ3v) is 3.51. The van der Waals surface area contributed by atoms with Gasteiger partial charge in [-0.2, -0.15) is 0 Å². The minimum Gasteiger partial charge on any atom is -0.376 e. The summed E-state index contributed by atoms with van der Waals surface area (Å²) >= 11 is 3.37. The highest BCUT2D eigenvalue weighted by atomic mass is 79.9. The Bertz CT molecular complexity index is 449. The molecule has 90 valence electrons. The van der Waals surface area contributed by atoms with Gasteiger partial charge in [0.25, 0.3) is 0 Å². The Kier molecular flexibility index (Phi) is 5.19. The maximum Gasteiger partial charge on any atom is 0.146 e. The fourth-order valence-corrected chi connectivity index (χ4v) is 2.09. The van der Waals surface area contributed by atoms with E-state index < -0.39 is 14.2 Å². The molecule has 1 nitrogen and oxygen atoms in total. The fourth-order valence-electron chi connectivity index (χ4n) is 1.14. The van der Waals surface area contributed by atoms with Crippen molar-refractivity contribution in [1.82, 2.24) is 0 Å². The molecule has 0 aliphatic heterocycles. The molecule has 0 aromatic heterocycles. The number of aliphatic hydroxyl groups excluding tert-OH is 1. The zero-order valence-corrected chi connectivity index (χ0v) is 13.0. The van der Waals surface area contributed by atoms with Gasteiger partial charge in [0, 0.05) is 4.48 Å². The lowest BCUT2D eigenvalue weighted by Crippen LogP contribution is -2.17. The van der Waals surface area contributed by atoms with Gasteiger partial charge < -0.3 is 5.11 Å². The second-order valence-corrected chi connectivity index (χ2v) is 10.5. The molecule has 0 spiro atoms. The van der Waals surface area contributed by atoms with Crippen LogP contribution >= 0.6 is 15.9 Å². The Morgan fingerprint density at radius 2 is 1.88 bits per heavy atom. The molecule has 0 aliphatic carbocycles. The van der Waals surface area contributed by atoms with Gasteiger partial charge in [0.1, 0.15) is 14.2 Å². The van der Waals surface area contributed by atoms with Crippen molar-refractivity contribution in [2.45, 2.75) is 25.7 Å². The first-order valence-electron chi connectivity index (χ1n) is 5.51. The second-order valence-electron chi connectivity index (χ2n) is 4.86. The van der Waals surface area contributed by atoms with Gasteiger partial charge in [-0.05, 0) is 11.6 Å². The predicted octanol–water partition coefficient (Wildman–Crippen LogP) is 3.66. The third-order valence-electron chi connectivity index (χ3n) is 1.95. The van der Waals surface area contributed by atoms with Crippen LogP contribution in [-0.2, 0) is 0 Å². The van der Waals surface area contributed by atoms with E-state index in [1.54, 1.807) is 0 Å². The summed E-state index contributed by atoms with van der Waals surface area (Å²) in [5.41, 5.74) is 4.21. The van der Waals surface area contributed by atoms with Gasteiger partial charge in [0.2, 0.25) is 0 Å². The molecule has 1 aromatic rings. The standard InChI is InChI=1S/C14H17BrOSi/c1-17(2,3)10-9-14(16)13(15)11-12-7-5-4-6-8-12/h4-8,11,14,16H,1-3H3/b13-11-/t14-/m1/s1. The van der Waals surface area contributed by atoms with Gasteiger partial charge in [0.05, 0.1) is 0 Å². The van der Waals surface area contributed by atoms with Crippen molar-refractivity contribution in [3.8, 4) is 11.5 Å². The van der Waals surface area contributed by atoms with Crippen molar-refractivity contribution in [2.24, 2.45) is 0 Å². The Morgan fingerprint density at radius 1 is 1.29 bits per heavy atom. The number of aliphatic hydroxyl groups is 1. The monoisotopic (exact) mass is 308 g/mol. The van der Waals surface area contributed by atoms with E-state index in [9.17, 15) is 5.11 Å². The summed E-state index contributed by atoms with van der Waals surface area (Å²) in [6.45, 7) is 6.46. The Labute approximate surface area is 113 Å². The van der Waals surface area contributed by atoms with Crippen molar-refractivity contribution >= 4 is 30.1 Å². The molecule has 1 atom stereocenters. The smallest absolute Gasteiger partial charge is 0.146 e. The number of benzene rings is 1. The van der Waals surface area contributed by atoms with E-state index in [1.807, 2.05) is 36.4 Å². The zero-order valence-electron chi connectivity index (χ0n) is 10.4. The predicted molar refractivity (Wildman–Crippen MR) is 80.5 cm³/mol. The van der Waals surface area contributed by atoms with Gasteiger partial charge in [0.15, 0.2) is 0 Å². The molecule has 0 saturated carbocycles. The van der Waals surface area contributed by atoms with Crippen molar-refractivity contribution in [2.75, 3.05) is 0 Å².